The number of aromatic nitrogens is 3. The number of imidazole rings is 1. The standard InChI is InChI=1S/C17H17Cl2N4O3P/c1-25-27(24)26-15-3-2-7-23(15)14-9-13(22-8-6-20-10-22)11-4-5-12(18)16(19)17(11)21-14/h4-6,8-10,15,27H,2-3,7H2,1H3/t15-/m0/s1. The van der Waals surface area contributed by atoms with Crippen LogP contribution >= 0.6 is 31.5 Å². The molecule has 0 bridgehead atoms. The van der Waals surface area contributed by atoms with E-state index in [2.05, 4.69) is 4.98 Å². The Bertz CT molecular complexity index is 1000. The van der Waals surface area contributed by atoms with Crippen LogP contribution in [0.3, 0.4) is 0 Å². The van der Waals surface area contributed by atoms with Crippen molar-refractivity contribution in [2.45, 2.75) is 19.1 Å². The summed E-state index contributed by atoms with van der Waals surface area (Å²) in [6.07, 6.45) is 6.53. The predicted octanol–water partition coefficient (Wildman–Crippen LogP) is 4.71. The van der Waals surface area contributed by atoms with E-state index in [9.17, 15) is 4.57 Å². The second-order valence-electron chi connectivity index (χ2n) is 6.09. The Hall–Kier alpha value is -1.63. The van der Waals surface area contributed by atoms with E-state index < -0.39 is 8.25 Å². The van der Waals surface area contributed by atoms with Crippen LogP contribution in [0.25, 0.3) is 16.6 Å². The lowest BCUT2D eigenvalue weighted by Gasteiger charge is -2.26. The average Bonchev–Trinajstić information content (AvgIpc) is 3.36. The zero-order valence-corrected chi connectivity index (χ0v) is 16.9. The highest BCUT2D eigenvalue weighted by atomic mass is 35.5. The molecule has 2 aromatic heterocycles. The summed E-state index contributed by atoms with van der Waals surface area (Å²) in [5.74, 6) is 0.670. The molecule has 1 unspecified atom stereocenters. The molecule has 1 aromatic carbocycles. The SMILES string of the molecule is CO[PH](=O)O[C@H]1CCCN1c1cc(-n2ccnc2)c2ccc(Cl)c(Cl)c2n1. The molecule has 142 valence electrons. The Morgan fingerprint density at radius 3 is 2.93 bits per heavy atom. The van der Waals surface area contributed by atoms with E-state index in [0.29, 0.717) is 21.4 Å². The van der Waals surface area contributed by atoms with Crippen LogP contribution in [0.15, 0.2) is 36.9 Å². The van der Waals surface area contributed by atoms with Gasteiger partial charge in [-0.15, -0.1) is 0 Å². The van der Waals surface area contributed by atoms with Crippen molar-refractivity contribution in [1.82, 2.24) is 14.5 Å². The van der Waals surface area contributed by atoms with Gasteiger partial charge in [-0.1, -0.05) is 23.2 Å². The van der Waals surface area contributed by atoms with Crippen LogP contribution in [0.1, 0.15) is 12.8 Å². The van der Waals surface area contributed by atoms with Gasteiger partial charge in [0.15, 0.2) is 0 Å². The number of halogens is 2. The fraction of sp³-hybridized carbons (Fsp3) is 0.294. The molecule has 0 radical (unpaired) electrons. The van der Waals surface area contributed by atoms with E-state index in [1.807, 2.05) is 27.8 Å². The Kier molecular flexibility index (Phi) is 5.39. The molecular formula is C17H17Cl2N4O3P. The molecule has 7 nitrogen and oxygen atoms in total. The molecule has 3 heterocycles. The third kappa shape index (κ3) is 3.58. The third-order valence-corrected chi connectivity index (χ3v) is 6.10. The predicted molar refractivity (Wildman–Crippen MR) is 106 cm³/mol. The van der Waals surface area contributed by atoms with Crippen molar-refractivity contribution >= 4 is 48.2 Å². The Morgan fingerprint density at radius 1 is 1.33 bits per heavy atom. The van der Waals surface area contributed by atoms with Crippen molar-refractivity contribution in [3.8, 4) is 5.69 Å². The van der Waals surface area contributed by atoms with Crippen LogP contribution in [0.5, 0.6) is 0 Å². The smallest absolute Gasteiger partial charge is 0.320 e. The molecule has 10 heteroatoms. The summed E-state index contributed by atoms with van der Waals surface area (Å²) >= 11 is 12.7. The van der Waals surface area contributed by atoms with Crippen molar-refractivity contribution < 1.29 is 13.6 Å². The van der Waals surface area contributed by atoms with Gasteiger partial charge < -0.3 is 14.0 Å². The van der Waals surface area contributed by atoms with Gasteiger partial charge in [0.2, 0.25) is 0 Å². The maximum atomic E-state index is 11.8. The first kappa shape index (κ1) is 18.7. The summed E-state index contributed by atoms with van der Waals surface area (Å²) in [6, 6.07) is 5.58. The summed E-state index contributed by atoms with van der Waals surface area (Å²) in [5.41, 5.74) is 1.46. The minimum absolute atomic E-state index is 0.366. The molecule has 27 heavy (non-hydrogen) atoms. The normalized spacial score (nSPS) is 18.3. The van der Waals surface area contributed by atoms with Crippen LogP contribution in [0.4, 0.5) is 5.82 Å². The summed E-state index contributed by atoms with van der Waals surface area (Å²) in [7, 11) is -1.17. The van der Waals surface area contributed by atoms with Gasteiger partial charge >= 0.3 is 8.25 Å². The Balaban J connectivity index is 1.86. The summed E-state index contributed by atoms with van der Waals surface area (Å²) < 4.78 is 24.0. The molecular weight excluding hydrogens is 410 g/mol. The summed E-state index contributed by atoms with van der Waals surface area (Å²) in [5, 5.41) is 1.68. The molecule has 1 fully saturated rings. The molecule has 1 aliphatic rings. The lowest BCUT2D eigenvalue weighted by molar-refractivity contribution is 0.184. The van der Waals surface area contributed by atoms with Gasteiger partial charge in [-0.3, -0.25) is 9.09 Å². The van der Waals surface area contributed by atoms with E-state index in [0.717, 1.165) is 30.5 Å². The van der Waals surface area contributed by atoms with Crippen molar-refractivity contribution in [2.24, 2.45) is 0 Å². The fourth-order valence-corrected chi connectivity index (χ4v) is 4.17. The Morgan fingerprint density at radius 2 is 2.19 bits per heavy atom. The topological polar surface area (TPSA) is 69.5 Å². The van der Waals surface area contributed by atoms with Crippen molar-refractivity contribution in [3.63, 3.8) is 0 Å². The second-order valence-corrected chi connectivity index (χ2v) is 8.02. The molecule has 0 N–H and O–H groups in total. The summed E-state index contributed by atoms with van der Waals surface area (Å²) in [4.78, 5) is 10.8. The number of rotatable bonds is 5. The third-order valence-electron chi connectivity index (χ3n) is 4.51. The first-order chi connectivity index (χ1) is 13.1. The monoisotopic (exact) mass is 426 g/mol. The van der Waals surface area contributed by atoms with E-state index in [1.54, 1.807) is 18.6 Å². The van der Waals surface area contributed by atoms with E-state index >= 15 is 0 Å². The van der Waals surface area contributed by atoms with Crippen molar-refractivity contribution in [3.05, 3.63) is 47.0 Å². The van der Waals surface area contributed by atoms with Crippen LogP contribution in [-0.2, 0) is 13.6 Å². The minimum Gasteiger partial charge on any atom is -0.330 e. The first-order valence-electron chi connectivity index (χ1n) is 8.37. The maximum Gasteiger partial charge on any atom is 0.320 e. The second kappa shape index (κ2) is 7.78. The van der Waals surface area contributed by atoms with Crippen LogP contribution < -0.4 is 4.90 Å². The lowest BCUT2D eigenvalue weighted by Crippen LogP contribution is -2.31. The highest BCUT2D eigenvalue weighted by molar-refractivity contribution is 7.33. The number of benzene rings is 1. The zero-order valence-electron chi connectivity index (χ0n) is 14.4. The molecule has 2 atom stereocenters. The highest BCUT2D eigenvalue weighted by Gasteiger charge is 2.29. The highest BCUT2D eigenvalue weighted by Crippen LogP contribution is 2.38. The van der Waals surface area contributed by atoms with Crippen molar-refractivity contribution in [2.75, 3.05) is 18.6 Å². The van der Waals surface area contributed by atoms with Crippen LogP contribution in [0, 0.1) is 0 Å². The quantitative estimate of drug-likeness (QED) is 0.550. The van der Waals surface area contributed by atoms with Gasteiger partial charge in [0.25, 0.3) is 0 Å². The number of pyridine rings is 1. The van der Waals surface area contributed by atoms with E-state index in [1.165, 1.54) is 7.11 Å². The zero-order chi connectivity index (χ0) is 19.0. The van der Waals surface area contributed by atoms with E-state index in [4.69, 9.17) is 37.2 Å². The van der Waals surface area contributed by atoms with Crippen molar-refractivity contribution in [1.29, 1.82) is 0 Å². The van der Waals surface area contributed by atoms with Gasteiger partial charge in [-0.05, 0) is 25.0 Å². The fourth-order valence-electron chi connectivity index (χ4n) is 3.25. The first-order valence-corrected chi connectivity index (χ1v) is 10.3. The molecule has 3 aromatic rings. The van der Waals surface area contributed by atoms with Gasteiger partial charge in [0, 0.05) is 37.5 Å². The molecule has 1 aliphatic heterocycles. The molecule has 1 saturated heterocycles. The molecule has 0 spiro atoms. The number of hydrogen-bond donors (Lipinski definition) is 0. The van der Waals surface area contributed by atoms with Gasteiger partial charge in [-0.2, -0.15) is 0 Å². The number of anilines is 1. The average molecular weight is 427 g/mol. The molecule has 4 rings (SSSR count). The van der Waals surface area contributed by atoms with Gasteiger partial charge in [-0.25, -0.2) is 9.97 Å². The Labute approximate surface area is 166 Å². The van der Waals surface area contributed by atoms with Crippen LogP contribution in [-0.4, -0.2) is 34.4 Å². The molecule has 0 aliphatic carbocycles. The van der Waals surface area contributed by atoms with E-state index in [-0.39, 0.29) is 6.23 Å². The summed E-state index contributed by atoms with van der Waals surface area (Å²) in [6.45, 7) is 0.726. The molecule has 0 saturated carbocycles. The molecule has 0 amide bonds. The lowest BCUT2D eigenvalue weighted by atomic mass is 10.1. The number of fused-ring (bicyclic) bond motifs is 1. The van der Waals surface area contributed by atoms with Gasteiger partial charge in [0.1, 0.15) is 12.0 Å². The number of nitrogens with zero attached hydrogens (tertiary/aromatic N) is 4. The largest absolute Gasteiger partial charge is 0.330 e. The number of hydrogen-bond acceptors (Lipinski definition) is 6. The maximum absolute atomic E-state index is 11.8. The minimum atomic E-state index is -2.54. The van der Waals surface area contributed by atoms with Gasteiger partial charge in [0.05, 0.1) is 27.6 Å². The van der Waals surface area contributed by atoms with Crippen LogP contribution in [0.2, 0.25) is 10.0 Å².